The monoisotopic (exact) mass is 478 g/mol. The first kappa shape index (κ1) is 25.6. The maximum atomic E-state index is 13.5. The van der Waals surface area contributed by atoms with Crippen molar-refractivity contribution in [2.45, 2.75) is 32.2 Å². The van der Waals surface area contributed by atoms with Crippen molar-refractivity contribution in [2.75, 3.05) is 30.8 Å². The summed E-state index contributed by atoms with van der Waals surface area (Å²) < 4.78 is 13.5. The van der Waals surface area contributed by atoms with Gasteiger partial charge in [0.25, 0.3) is 5.91 Å². The Bertz CT molecular complexity index is 1110. The van der Waals surface area contributed by atoms with Crippen LogP contribution in [-0.4, -0.2) is 41.9 Å². The molecule has 3 aromatic rings. The minimum Gasteiger partial charge on any atom is -0.370 e. The molecule has 2 heterocycles. The SMILES string of the molecule is CNC(=O)CCCCNc1ccc(C(=O)NCc2cccnc2)c(NCCc2cccc(F)c2)n1. The van der Waals surface area contributed by atoms with Crippen molar-refractivity contribution in [3.63, 3.8) is 0 Å². The first-order valence-corrected chi connectivity index (χ1v) is 11.7. The number of carbonyl (C=O) groups excluding carboxylic acids is 2. The summed E-state index contributed by atoms with van der Waals surface area (Å²) >= 11 is 0. The molecule has 9 heteroatoms. The molecule has 2 aromatic heterocycles. The molecule has 4 N–H and O–H groups in total. The molecule has 0 fully saturated rings. The van der Waals surface area contributed by atoms with Crippen molar-refractivity contribution in [3.8, 4) is 0 Å². The number of nitrogens with one attached hydrogen (secondary N) is 4. The zero-order valence-electron chi connectivity index (χ0n) is 19.8. The van der Waals surface area contributed by atoms with E-state index in [0.717, 1.165) is 24.0 Å². The molecule has 0 atom stereocenters. The summed E-state index contributed by atoms with van der Waals surface area (Å²) in [4.78, 5) is 32.9. The van der Waals surface area contributed by atoms with E-state index < -0.39 is 0 Å². The van der Waals surface area contributed by atoms with Gasteiger partial charge in [0, 0.05) is 45.5 Å². The van der Waals surface area contributed by atoms with Gasteiger partial charge in [-0.05, 0) is 60.7 Å². The highest BCUT2D eigenvalue weighted by atomic mass is 19.1. The Morgan fingerprint density at radius 1 is 0.971 bits per heavy atom. The van der Waals surface area contributed by atoms with Gasteiger partial charge in [0.2, 0.25) is 5.91 Å². The second-order valence-electron chi connectivity index (χ2n) is 8.00. The molecular formula is C26H31FN6O2. The minimum absolute atomic E-state index is 0.0227. The minimum atomic E-state index is -0.279. The molecule has 0 saturated heterocycles. The number of amides is 2. The number of unbranched alkanes of at least 4 members (excludes halogenated alkanes) is 1. The second kappa shape index (κ2) is 13.6. The molecule has 0 radical (unpaired) electrons. The third kappa shape index (κ3) is 8.69. The standard InChI is InChI=1S/C26H31FN6O2/c1-28-24(34)9-2-3-14-30-23-11-10-22(26(35)32-18-20-7-5-13-29-17-20)25(33-23)31-15-12-19-6-4-8-21(27)16-19/h4-8,10-11,13,16-17H,2-3,9,12,14-15,18H2,1H3,(H,28,34)(H,32,35)(H2,30,31,33). The quantitative estimate of drug-likeness (QED) is 0.280. The van der Waals surface area contributed by atoms with Gasteiger partial charge < -0.3 is 21.3 Å². The van der Waals surface area contributed by atoms with Crippen LogP contribution in [0.3, 0.4) is 0 Å². The summed E-state index contributed by atoms with van der Waals surface area (Å²) in [7, 11) is 1.63. The number of benzene rings is 1. The van der Waals surface area contributed by atoms with Crippen molar-refractivity contribution in [2.24, 2.45) is 0 Å². The molecule has 0 spiro atoms. The fourth-order valence-corrected chi connectivity index (χ4v) is 3.43. The van der Waals surface area contributed by atoms with Crippen molar-refractivity contribution in [3.05, 3.63) is 83.4 Å². The van der Waals surface area contributed by atoms with E-state index in [1.165, 1.54) is 12.1 Å². The molecule has 1 aromatic carbocycles. The summed E-state index contributed by atoms with van der Waals surface area (Å²) in [5.74, 6) is 0.558. The van der Waals surface area contributed by atoms with Crippen LogP contribution in [0.1, 0.15) is 40.7 Å². The first-order chi connectivity index (χ1) is 17.0. The zero-order chi connectivity index (χ0) is 24.9. The maximum Gasteiger partial charge on any atom is 0.255 e. The summed E-state index contributed by atoms with van der Waals surface area (Å²) in [5.41, 5.74) is 2.16. The van der Waals surface area contributed by atoms with E-state index in [0.29, 0.717) is 49.7 Å². The van der Waals surface area contributed by atoms with Crippen LogP contribution < -0.4 is 21.3 Å². The Labute approximate surface area is 204 Å². The Morgan fingerprint density at radius 3 is 2.60 bits per heavy atom. The lowest BCUT2D eigenvalue weighted by Crippen LogP contribution is -2.25. The van der Waals surface area contributed by atoms with Crippen LogP contribution in [0.25, 0.3) is 0 Å². The van der Waals surface area contributed by atoms with E-state index in [1.807, 2.05) is 18.2 Å². The fraction of sp³-hybridized carbons (Fsp3) is 0.308. The summed E-state index contributed by atoms with van der Waals surface area (Å²) in [5, 5.41) is 12.0. The molecule has 35 heavy (non-hydrogen) atoms. The van der Waals surface area contributed by atoms with Gasteiger partial charge in [0.1, 0.15) is 17.5 Å². The molecule has 3 rings (SSSR count). The van der Waals surface area contributed by atoms with Crippen molar-refractivity contribution < 1.29 is 14.0 Å². The van der Waals surface area contributed by atoms with E-state index >= 15 is 0 Å². The molecule has 2 amide bonds. The normalized spacial score (nSPS) is 10.5. The van der Waals surface area contributed by atoms with Gasteiger partial charge in [-0.15, -0.1) is 0 Å². The zero-order valence-corrected chi connectivity index (χ0v) is 19.8. The van der Waals surface area contributed by atoms with E-state index in [2.05, 4.69) is 31.2 Å². The Kier molecular flexibility index (Phi) is 9.98. The number of anilines is 2. The van der Waals surface area contributed by atoms with Crippen LogP contribution >= 0.6 is 0 Å². The molecule has 184 valence electrons. The number of hydrogen-bond acceptors (Lipinski definition) is 6. The van der Waals surface area contributed by atoms with Gasteiger partial charge in [-0.2, -0.15) is 0 Å². The number of halogens is 1. The predicted octanol–water partition coefficient (Wildman–Crippen LogP) is 3.53. The number of carbonyl (C=O) groups is 2. The van der Waals surface area contributed by atoms with Crippen LogP contribution in [0.2, 0.25) is 0 Å². The molecular weight excluding hydrogens is 447 g/mol. The number of rotatable bonds is 13. The Hall–Kier alpha value is -4.01. The van der Waals surface area contributed by atoms with Crippen LogP contribution in [0.4, 0.5) is 16.0 Å². The third-order valence-electron chi connectivity index (χ3n) is 5.33. The average molecular weight is 479 g/mol. The highest BCUT2D eigenvalue weighted by molar-refractivity contribution is 5.99. The van der Waals surface area contributed by atoms with Crippen molar-refractivity contribution in [1.29, 1.82) is 0 Å². The van der Waals surface area contributed by atoms with Gasteiger partial charge in [-0.25, -0.2) is 9.37 Å². The van der Waals surface area contributed by atoms with Crippen molar-refractivity contribution >= 4 is 23.5 Å². The third-order valence-corrected chi connectivity index (χ3v) is 5.33. The molecule has 8 nitrogen and oxygen atoms in total. The molecule has 0 aliphatic heterocycles. The number of nitrogens with zero attached hydrogens (tertiary/aromatic N) is 2. The van der Waals surface area contributed by atoms with Gasteiger partial charge >= 0.3 is 0 Å². The lowest BCUT2D eigenvalue weighted by molar-refractivity contribution is -0.120. The number of aromatic nitrogens is 2. The van der Waals surface area contributed by atoms with Gasteiger partial charge in [0.15, 0.2) is 0 Å². The van der Waals surface area contributed by atoms with Crippen LogP contribution in [0.15, 0.2) is 60.9 Å². The van der Waals surface area contributed by atoms with Gasteiger partial charge in [-0.3, -0.25) is 14.6 Å². The predicted molar refractivity (Wildman–Crippen MR) is 135 cm³/mol. The summed E-state index contributed by atoms with van der Waals surface area (Å²) in [6.45, 7) is 1.48. The highest BCUT2D eigenvalue weighted by Crippen LogP contribution is 2.18. The van der Waals surface area contributed by atoms with Gasteiger partial charge in [0.05, 0.1) is 5.56 Å². The Morgan fingerprint density at radius 2 is 1.83 bits per heavy atom. The number of hydrogen-bond donors (Lipinski definition) is 4. The van der Waals surface area contributed by atoms with E-state index in [1.54, 1.807) is 37.6 Å². The van der Waals surface area contributed by atoms with E-state index in [-0.39, 0.29) is 17.6 Å². The fourth-order valence-electron chi connectivity index (χ4n) is 3.43. The van der Waals surface area contributed by atoms with Crippen LogP contribution in [0.5, 0.6) is 0 Å². The van der Waals surface area contributed by atoms with E-state index in [4.69, 9.17) is 0 Å². The molecule has 0 unspecified atom stereocenters. The van der Waals surface area contributed by atoms with Crippen LogP contribution in [0, 0.1) is 5.82 Å². The molecule has 0 saturated carbocycles. The summed E-state index contributed by atoms with van der Waals surface area (Å²) in [6, 6.07) is 13.6. The lowest BCUT2D eigenvalue weighted by Gasteiger charge is -2.14. The lowest BCUT2D eigenvalue weighted by atomic mass is 10.1. The molecule has 0 bridgehead atoms. The highest BCUT2D eigenvalue weighted by Gasteiger charge is 2.14. The maximum absolute atomic E-state index is 13.5. The molecule has 0 aliphatic rings. The molecule has 0 aliphatic carbocycles. The number of pyridine rings is 2. The summed E-state index contributed by atoms with van der Waals surface area (Å²) in [6.07, 6.45) is 6.01. The topological polar surface area (TPSA) is 108 Å². The Balaban J connectivity index is 1.63. The smallest absolute Gasteiger partial charge is 0.255 e. The average Bonchev–Trinajstić information content (AvgIpc) is 2.87. The van der Waals surface area contributed by atoms with Crippen LogP contribution in [-0.2, 0) is 17.8 Å². The largest absolute Gasteiger partial charge is 0.370 e. The van der Waals surface area contributed by atoms with Gasteiger partial charge in [-0.1, -0.05) is 18.2 Å². The first-order valence-electron chi connectivity index (χ1n) is 11.7. The van der Waals surface area contributed by atoms with Crippen molar-refractivity contribution in [1.82, 2.24) is 20.6 Å². The second-order valence-corrected chi connectivity index (χ2v) is 8.00. The van der Waals surface area contributed by atoms with E-state index in [9.17, 15) is 14.0 Å².